The molecule has 2 heterocycles. The van der Waals surface area contributed by atoms with Gasteiger partial charge in [0.25, 0.3) is 0 Å². The Morgan fingerprint density at radius 3 is 2.17 bits per heavy atom. The maximum atomic E-state index is 13.6. The summed E-state index contributed by atoms with van der Waals surface area (Å²) in [5, 5.41) is 15.1. The van der Waals surface area contributed by atoms with Crippen LogP contribution in [-0.4, -0.2) is 93.8 Å². The Kier molecular flexibility index (Phi) is 9.10. The van der Waals surface area contributed by atoms with E-state index in [1.807, 2.05) is 0 Å². The number of esters is 1. The van der Waals surface area contributed by atoms with Crippen LogP contribution in [0.15, 0.2) is 12.7 Å². The molecule has 0 aromatic rings. The lowest BCUT2D eigenvalue weighted by atomic mass is 9.86. The molecular weight excluding hydrogens is 520 g/mol. The number of aliphatic carboxylic acids is 1. The van der Waals surface area contributed by atoms with Crippen molar-refractivity contribution in [1.82, 2.24) is 20.4 Å². The number of hydrogen-bond donors (Lipinski definition) is 3. The van der Waals surface area contributed by atoms with Crippen LogP contribution in [0.25, 0.3) is 0 Å². The Balaban J connectivity index is 1.81. The smallest absolute Gasteiger partial charge is 0.410 e. The number of piperidine rings is 1. The average Bonchev–Trinajstić information content (AvgIpc) is 3.41. The second-order valence-corrected chi connectivity index (χ2v) is 13.1. The molecule has 3 N–H and O–H groups in total. The van der Waals surface area contributed by atoms with Crippen molar-refractivity contribution in [3.05, 3.63) is 12.7 Å². The average molecular weight is 565 g/mol. The van der Waals surface area contributed by atoms with Gasteiger partial charge in [0.15, 0.2) is 0 Å². The highest BCUT2D eigenvalue weighted by atomic mass is 16.6. The van der Waals surface area contributed by atoms with E-state index in [1.165, 1.54) is 11.0 Å². The fourth-order valence-electron chi connectivity index (χ4n) is 5.16. The van der Waals surface area contributed by atoms with Crippen molar-refractivity contribution in [2.75, 3.05) is 19.6 Å². The van der Waals surface area contributed by atoms with E-state index in [0.717, 1.165) is 19.3 Å². The predicted molar refractivity (Wildman–Crippen MR) is 145 cm³/mol. The third-order valence-corrected chi connectivity index (χ3v) is 7.51. The van der Waals surface area contributed by atoms with Crippen LogP contribution < -0.4 is 10.6 Å². The van der Waals surface area contributed by atoms with E-state index in [1.54, 1.807) is 46.4 Å². The maximum Gasteiger partial charge on any atom is 0.410 e. The number of likely N-dealkylation sites (tertiary alicyclic amines) is 2. The number of urea groups is 1. The second kappa shape index (κ2) is 11.7. The molecule has 12 nitrogen and oxygen atoms in total. The maximum absolute atomic E-state index is 13.6. The minimum Gasteiger partial charge on any atom is -0.479 e. The molecule has 0 radical (unpaired) electrons. The molecule has 0 spiro atoms. The molecule has 4 amide bonds. The van der Waals surface area contributed by atoms with Gasteiger partial charge in [-0.3, -0.25) is 4.79 Å². The van der Waals surface area contributed by atoms with Gasteiger partial charge in [0, 0.05) is 25.4 Å². The number of carboxylic acid groups (broad SMARTS) is 1. The monoisotopic (exact) mass is 564 g/mol. The Hall–Kier alpha value is -3.31. The van der Waals surface area contributed by atoms with Crippen LogP contribution in [0.3, 0.4) is 0 Å². The van der Waals surface area contributed by atoms with Crippen LogP contribution >= 0.6 is 0 Å². The standard InChI is InChI=1S/C28H44N4O8/c1-8-17-15-28(17,23(35)36)30-24(37)32-16-18(39-25(38)31-12-10-9-11-13-31)14-19(32)21(33)29-20(26(2,3)4)22(34)40-27(5,6)7/h8,17-20H,1,9-16H2,2-7H3,(H,29,33)(H,30,37)(H,35,36)/t17?,18-,19-,20+,28?/m0/s1. The molecule has 12 heteroatoms. The van der Waals surface area contributed by atoms with E-state index in [0.29, 0.717) is 13.1 Å². The number of hydrogen-bond acceptors (Lipinski definition) is 7. The lowest BCUT2D eigenvalue weighted by Gasteiger charge is -2.34. The first-order chi connectivity index (χ1) is 18.5. The molecule has 2 unspecified atom stereocenters. The van der Waals surface area contributed by atoms with Gasteiger partial charge in [-0.15, -0.1) is 6.58 Å². The molecule has 3 rings (SSSR count). The first kappa shape index (κ1) is 31.2. The van der Waals surface area contributed by atoms with Crippen molar-refractivity contribution in [2.24, 2.45) is 11.3 Å². The van der Waals surface area contributed by atoms with Gasteiger partial charge in [-0.2, -0.15) is 0 Å². The SMILES string of the molecule is C=CC1CC1(NC(=O)N1C[C@@H](OC(=O)N2CCCCC2)C[C@H]1C(=O)N[C@H](C(=O)OC(C)(C)C)C(C)(C)C)C(=O)O. The number of nitrogens with one attached hydrogen (secondary N) is 2. The van der Waals surface area contributed by atoms with Gasteiger partial charge in [-0.1, -0.05) is 26.8 Å². The Morgan fingerprint density at radius 1 is 1.05 bits per heavy atom. The summed E-state index contributed by atoms with van der Waals surface area (Å²) in [6, 6.07) is -2.91. The van der Waals surface area contributed by atoms with E-state index < -0.39 is 70.6 Å². The van der Waals surface area contributed by atoms with Crippen molar-refractivity contribution in [1.29, 1.82) is 0 Å². The van der Waals surface area contributed by atoms with Crippen LogP contribution in [0, 0.1) is 11.3 Å². The van der Waals surface area contributed by atoms with Crippen molar-refractivity contribution in [2.45, 2.75) is 103 Å². The van der Waals surface area contributed by atoms with Crippen molar-refractivity contribution < 1.29 is 38.6 Å². The normalized spacial score (nSPS) is 27.3. The number of nitrogens with zero attached hydrogens (tertiary/aromatic N) is 2. The third-order valence-electron chi connectivity index (χ3n) is 7.51. The lowest BCUT2D eigenvalue weighted by Crippen LogP contribution is -2.58. The molecule has 3 aliphatic rings. The summed E-state index contributed by atoms with van der Waals surface area (Å²) in [5.74, 6) is -2.89. The van der Waals surface area contributed by atoms with Crippen LogP contribution in [0.2, 0.25) is 0 Å². The molecule has 224 valence electrons. The summed E-state index contributed by atoms with van der Waals surface area (Å²) in [7, 11) is 0. The van der Waals surface area contributed by atoms with Gasteiger partial charge in [-0.25, -0.2) is 19.2 Å². The molecule has 2 saturated heterocycles. The van der Waals surface area contributed by atoms with E-state index in [9.17, 15) is 29.1 Å². The first-order valence-corrected chi connectivity index (χ1v) is 13.9. The molecule has 5 atom stereocenters. The minimum absolute atomic E-state index is 0.00499. The fraction of sp³-hybridized carbons (Fsp3) is 0.750. The summed E-state index contributed by atoms with van der Waals surface area (Å²) in [5.41, 5.74) is -3.01. The number of carbonyl (C=O) groups excluding carboxylic acids is 4. The predicted octanol–water partition coefficient (Wildman–Crippen LogP) is 2.66. The van der Waals surface area contributed by atoms with E-state index in [4.69, 9.17) is 9.47 Å². The summed E-state index contributed by atoms with van der Waals surface area (Å²) in [4.78, 5) is 67.6. The topological polar surface area (TPSA) is 155 Å². The summed E-state index contributed by atoms with van der Waals surface area (Å²) < 4.78 is 11.2. The van der Waals surface area contributed by atoms with Gasteiger partial charge in [0.05, 0.1) is 6.54 Å². The molecule has 1 saturated carbocycles. The van der Waals surface area contributed by atoms with Crippen LogP contribution in [-0.2, 0) is 23.9 Å². The highest BCUT2D eigenvalue weighted by Crippen LogP contribution is 2.45. The molecule has 40 heavy (non-hydrogen) atoms. The Bertz CT molecular complexity index is 1030. The molecule has 3 fully saturated rings. The quantitative estimate of drug-likeness (QED) is 0.315. The summed E-state index contributed by atoms with van der Waals surface area (Å²) in [6.45, 7) is 15.2. The third kappa shape index (κ3) is 7.25. The summed E-state index contributed by atoms with van der Waals surface area (Å²) in [6.07, 6.45) is 3.13. The number of carboxylic acids is 1. The largest absolute Gasteiger partial charge is 0.479 e. The zero-order valence-electron chi connectivity index (χ0n) is 24.5. The number of rotatable bonds is 7. The number of ether oxygens (including phenoxy) is 2. The van der Waals surface area contributed by atoms with Gasteiger partial charge >= 0.3 is 24.1 Å². The molecule has 1 aliphatic carbocycles. The van der Waals surface area contributed by atoms with Gasteiger partial charge < -0.3 is 35.0 Å². The lowest BCUT2D eigenvalue weighted by molar-refractivity contribution is -0.162. The fourth-order valence-corrected chi connectivity index (χ4v) is 5.16. The second-order valence-electron chi connectivity index (χ2n) is 13.1. The van der Waals surface area contributed by atoms with Crippen LogP contribution in [0.1, 0.15) is 73.6 Å². The summed E-state index contributed by atoms with van der Waals surface area (Å²) >= 11 is 0. The number of amides is 4. The van der Waals surface area contributed by atoms with Crippen molar-refractivity contribution >= 4 is 30.0 Å². The van der Waals surface area contributed by atoms with Gasteiger partial charge in [0.1, 0.15) is 29.3 Å². The molecule has 0 aromatic heterocycles. The van der Waals surface area contributed by atoms with E-state index in [2.05, 4.69) is 17.2 Å². The van der Waals surface area contributed by atoms with Crippen LogP contribution in [0.5, 0.6) is 0 Å². The zero-order chi connectivity index (χ0) is 30.0. The molecule has 0 bridgehead atoms. The zero-order valence-corrected chi connectivity index (χ0v) is 24.5. The Labute approximate surface area is 235 Å². The van der Waals surface area contributed by atoms with Crippen molar-refractivity contribution in [3.8, 4) is 0 Å². The molecule has 0 aromatic carbocycles. The Morgan fingerprint density at radius 2 is 1.68 bits per heavy atom. The molecule has 2 aliphatic heterocycles. The van der Waals surface area contributed by atoms with Gasteiger partial charge in [-0.05, 0) is 51.9 Å². The first-order valence-electron chi connectivity index (χ1n) is 13.9. The highest BCUT2D eigenvalue weighted by molar-refractivity contribution is 5.94. The minimum atomic E-state index is -1.51. The van der Waals surface area contributed by atoms with Crippen molar-refractivity contribution in [3.63, 3.8) is 0 Å². The van der Waals surface area contributed by atoms with E-state index >= 15 is 0 Å². The molecular formula is C28H44N4O8. The highest BCUT2D eigenvalue weighted by Gasteiger charge is 2.61. The van der Waals surface area contributed by atoms with E-state index in [-0.39, 0.29) is 19.4 Å². The number of carbonyl (C=O) groups is 5. The van der Waals surface area contributed by atoms with Crippen LogP contribution in [0.4, 0.5) is 9.59 Å². The van der Waals surface area contributed by atoms with Gasteiger partial charge in [0.2, 0.25) is 5.91 Å².